The molecule has 1 amide bonds. The van der Waals surface area contributed by atoms with Gasteiger partial charge < -0.3 is 19.8 Å². The third kappa shape index (κ3) is 3.77. The molecule has 0 bridgehead atoms. The van der Waals surface area contributed by atoms with E-state index in [9.17, 15) is 4.79 Å². The van der Waals surface area contributed by atoms with E-state index in [1.54, 1.807) is 0 Å². The van der Waals surface area contributed by atoms with Crippen molar-refractivity contribution in [2.45, 2.75) is 38.8 Å². The first kappa shape index (κ1) is 20.7. The maximum atomic E-state index is 12.8. The van der Waals surface area contributed by atoms with Crippen LogP contribution in [0.4, 0.5) is 0 Å². The molecule has 0 aliphatic heterocycles. The van der Waals surface area contributed by atoms with Crippen molar-refractivity contribution >= 4 is 28.0 Å². The number of carbonyl (C=O) groups excluding carboxylic acids is 1. The fraction of sp³-hybridized carbons (Fsp3) is 0.400. The monoisotopic (exact) mass is 430 g/mol. The number of nitrogens with one attached hydrogen (secondary N) is 2. The largest absolute Gasteiger partial charge is 0.348 e. The number of fused-ring (bicyclic) bond motifs is 2. The lowest BCUT2D eigenvalue weighted by molar-refractivity contribution is 0.0936. The molecule has 3 aromatic heterocycles. The zero-order valence-corrected chi connectivity index (χ0v) is 18.9. The molecule has 1 aliphatic carbocycles. The van der Waals surface area contributed by atoms with Gasteiger partial charge >= 0.3 is 0 Å². The molecule has 1 atom stereocenters. The number of carbonyl (C=O) groups is 1. The highest BCUT2D eigenvalue weighted by molar-refractivity contribution is 5.98. The van der Waals surface area contributed by atoms with Crippen LogP contribution in [0.15, 0.2) is 42.6 Å². The molecule has 3 heterocycles. The Balaban J connectivity index is 1.53. The summed E-state index contributed by atoms with van der Waals surface area (Å²) in [7, 11) is 3.94. The van der Waals surface area contributed by atoms with Crippen LogP contribution in [0.2, 0.25) is 0 Å². The number of rotatable bonds is 8. The minimum absolute atomic E-state index is 0.0618. The van der Waals surface area contributed by atoms with Crippen LogP contribution in [-0.4, -0.2) is 44.6 Å². The second kappa shape index (κ2) is 8.39. The summed E-state index contributed by atoms with van der Waals surface area (Å²) in [4.78, 5) is 22.4. The second-order valence-electron chi connectivity index (χ2n) is 8.83. The average Bonchev–Trinajstić information content (AvgIpc) is 3.48. The third-order valence-electron chi connectivity index (χ3n) is 6.44. The van der Waals surface area contributed by atoms with Gasteiger partial charge in [0.05, 0.1) is 16.7 Å². The lowest BCUT2D eigenvalue weighted by Gasteiger charge is -2.16. The molecule has 166 valence electrons. The predicted molar refractivity (Wildman–Crippen MR) is 128 cm³/mol. The smallest absolute Gasteiger partial charge is 0.251 e. The summed E-state index contributed by atoms with van der Waals surface area (Å²) in [6.07, 6.45) is 5.29. The van der Waals surface area contributed by atoms with Crippen molar-refractivity contribution in [3.63, 3.8) is 0 Å². The van der Waals surface area contributed by atoms with E-state index in [-0.39, 0.29) is 11.9 Å². The van der Waals surface area contributed by atoms with E-state index in [2.05, 4.69) is 43.8 Å². The first-order valence-electron chi connectivity index (χ1n) is 11.5. The molecule has 1 fully saturated rings. The minimum Gasteiger partial charge on any atom is -0.348 e. The van der Waals surface area contributed by atoms with Crippen LogP contribution in [0.1, 0.15) is 36.5 Å². The zero-order valence-electron chi connectivity index (χ0n) is 18.9. The Kier molecular flexibility index (Phi) is 5.43. The van der Waals surface area contributed by atoms with Crippen molar-refractivity contribution in [3.05, 3.63) is 48.2 Å². The number of hydrogen-bond donors (Lipinski definition) is 2. The first-order valence-corrected chi connectivity index (χ1v) is 11.5. The molecule has 1 aromatic carbocycles. The highest BCUT2D eigenvalue weighted by Gasteiger charge is 2.26. The van der Waals surface area contributed by atoms with Crippen molar-refractivity contribution in [2.75, 3.05) is 13.6 Å². The maximum Gasteiger partial charge on any atom is 0.251 e. The molecule has 1 saturated carbocycles. The van der Waals surface area contributed by atoms with Gasteiger partial charge in [-0.1, -0.05) is 6.92 Å². The summed E-state index contributed by atoms with van der Waals surface area (Å²) in [5.74, 6) is 1.56. The molecule has 1 unspecified atom stereocenters. The van der Waals surface area contributed by atoms with Gasteiger partial charge in [0.25, 0.3) is 5.91 Å². The fourth-order valence-electron chi connectivity index (χ4n) is 4.40. The molecule has 0 radical (unpaired) electrons. The first-order chi connectivity index (χ1) is 15.6. The standard InChI is InChI=1S/C25H30N6O/c1-4-19(14-26-2)28-25(32)18-9-10-21-20(12-18)29-24(30(21)3)22-13-17-6-5-11-27-23(17)31(22)15-16-7-8-16/h5-6,9-13,16,19,26H,4,7-8,14-15H2,1-3H3,(H,28,32). The summed E-state index contributed by atoms with van der Waals surface area (Å²) in [6.45, 7) is 3.79. The fourth-order valence-corrected chi connectivity index (χ4v) is 4.40. The van der Waals surface area contributed by atoms with Crippen molar-refractivity contribution in [1.29, 1.82) is 0 Å². The molecule has 0 spiro atoms. The second-order valence-corrected chi connectivity index (χ2v) is 8.83. The number of imidazole rings is 1. The maximum absolute atomic E-state index is 12.8. The highest BCUT2D eigenvalue weighted by Crippen LogP contribution is 2.35. The highest BCUT2D eigenvalue weighted by atomic mass is 16.1. The van der Waals surface area contributed by atoms with Crippen LogP contribution in [0.5, 0.6) is 0 Å². The van der Waals surface area contributed by atoms with Gasteiger partial charge in [0.15, 0.2) is 5.82 Å². The summed E-state index contributed by atoms with van der Waals surface area (Å²) >= 11 is 0. The van der Waals surface area contributed by atoms with Gasteiger partial charge in [-0.15, -0.1) is 0 Å². The molecule has 7 heteroatoms. The topological polar surface area (TPSA) is 76.8 Å². The van der Waals surface area contributed by atoms with Crippen LogP contribution in [-0.2, 0) is 13.6 Å². The Labute approximate surface area is 187 Å². The number of nitrogens with zero attached hydrogens (tertiary/aromatic N) is 4. The summed E-state index contributed by atoms with van der Waals surface area (Å²) in [5.41, 5.74) is 4.56. The van der Waals surface area contributed by atoms with Gasteiger partial charge in [-0.25, -0.2) is 9.97 Å². The average molecular weight is 431 g/mol. The Morgan fingerprint density at radius 3 is 2.84 bits per heavy atom. The van der Waals surface area contributed by atoms with Gasteiger partial charge in [-0.05, 0) is 68.6 Å². The quantitative estimate of drug-likeness (QED) is 0.447. The third-order valence-corrected chi connectivity index (χ3v) is 6.44. The Hall–Kier alpha value is -3.19. The Bertz CT molecular complexity index is 1280. The minimum atomic E-state index is -0.0618. The Morgan fingerprint density at radius 2 is 2.09 bits per heavy atom. The zero-order chi connectivity index (χ0) is 22.2. The van der Waals surface area contributed by atoms with Crippen LogP contribution < -0.4 is 10.6 Å². The molecule has 2 N–H and O–H groups in total. The summed E-state index contributed by atoms with van der Waals surface area (Å²) in [5, 5.41) is 7.37. The molecular formula is C25H30N6O. The van der Waals surface area contributed by atoms with Gasteiger partial charge in [0, 0.05) is 43.3 Å². The van der Waals surface area contributed by atoms with E-state index in [0.29, 0.717) is 5.56 Å². The molecule has 7 nitrogen and oxygen atoms in total. The molecule has 32 heavy (non-hydrogen) atoms. The van der Waals surface area contributed by atoms with Crippen molar-refractivity contribution in [1.82, 2.24) is 29.7 Å². The van der Waals surface area contributed by atoms with Crippen molar-refractivity contribution in [2.24, 2.45) is 13.0 Å². The van der Waals surface area contributed by atoms with Crippen molar-refractivity contribution in [3.8, 4) is 11.5 Å². The number of amides is 1. The van der Waals surface area contributed by atoms with Crippen LogP contribution in [0.25, 0.3) is 33.6 Å². The van der Waals surface area contributed by atoms with E-state index >= 15 is 0 Å². The predicted octanol–water partition coefficient (Wildman–Crippen LogP) is 3.73. The number of aryl methyl sites for hydroxylation is 1. The number of pyridine rings is 1. The lowest BCUT2D eigenvalue weighted by atomic mass is 10.1. The van der Waals surface area contributed by atoms with Crippen LogP contribution in [0, 0.1) is 5.92 Å². The van der Waals surface area contributed by atoms with Gasteiger partial charge in [0.1, 0.15) is 5.65 Å². The molecule has 4 aromatic rings. The number of likely N-dealkylation sites (N-methyl/N-ethyl adjacent to an activating group) is 1. The normalized spacial score (nSPS) is 14.8. The van der Waals surface area contributed by atoms with E-state index in [1.165, 1.54) is 12.8 Å². The number of aromatic nitrogens is 4. The van der Waals surface area contributed by atoms with Gasteiger partial charge in [0.2, 0.25) is 0 Å². The van der Waals surface area contributed by atoms with E-state index in [0.717, 1.165) is 59.0 Å². The van der Waals surface area contributed by atoms with E-state index in [1.807, 2.05) is 44.6 Å². The van der Waals surface area contributed by atoms with Crippen LogP contribution >= 0.6 is 0 Å². The SMILES string of the molecule is CCC(CNC)NC(=O)c1ccc2c(c1)nc(-c1cc3cccnc3n1CC1CC1)n2C. The Morgan fingerprint density at radius 1 is 1.25 bits per heavy atom. The molecule has 5 rings (SSSR count). The van der Waals surface area contributed by atoms with Gasteiger partial charge in [-0.3, -0.25) is 4.79 Å². The van der Waals surface area contributed by atoms with E-state index < -0.39 is 0 Å². The summed E-state index contributed by atoms with van der Waals surface area (Å²) < 4.78 is 4.43. The van der Waals surface area contributed by atoms with E-state index in [4.69, 9.17) is 4.98 Å². The number of benzene rings is 1. The van der Waals surface area contributed by atoms with Crippen molar-refractivity contribution < 1.29 is 4.79 Å². The summed E-state index contributed by atoms with van der Waals surface area (Å²) in [6, 6.07) is 12.1. The molecule has 1 aliphatic rings. The lowest BCUT2D eigenvalue weighted by Crippen LogP contribution is -2.40. The number of hydrogen-bond acceptors (Lipinski definition) is 4. The molecular weight excluding hydrogens is 400 g/mol. The molecule has 0 saturated heterocycles. The van der Waals surface area contributed by atoms with Crippen LogP contribution in [0.3, 0.4) is 0 Å². The van der Waals surface area contributed by atoms with Gasteiger partial charge in [-0.2, -0.15) is 0 Å².